The molecule has 0 aliphatic heterocycles. The van der Waals surface area contributed by atoms with E-state index in [0.717, 1.165) is 11.8 Å². The van der Waals surface area contributed by atoms with Crippen LogP contribution in [0.4, 0.5) is 0 Å². The van der Waals surface area contributed by atoms with Gasteiger partial charge in [0.05, 0.1) is 12.2 Å². The second kappa shape index (κ2) is 5.48. The maximum absolute atomic E-state index is 6.90. The van der Waals surface area contributed by atoms with Gasteiger partial charge in [0.25, 0.3) is 0 Å². The van der Waals surface area contributed by atoms with Gasteiger partial charge >= 0.3 is 8.56 Å². The molecule has 4 bridgehead atoms. The van der Waals surface area contributed by atoms with Crippen LogP contribution in [-0.2, 0) is 8.85 Å². The molecule has 4 rings (SSSR count). The first kappa shape index (κ1) is 19.2. The van der Waals surface area contributed by atoms with E-state index in [1.165, 1.54) is 38.5 Å². The predicted octanol–water partition coefficient (Wildman–Crippen LogP) is 6.25. The summed E-state index contributed by atoms with van der Waals surface area (Å²) < 4.78 is 13.8. The Morgan fingerprint density at radius 2 is 1.19 bits per heavy atom. The van der Waals surface area contributed by atoms with Crippen molar-refractivity contribution in [3.8, 4) is 0 Å². The van der Waals surface area contributed by atoms with Gasteiger partial charge in [-0.2, -0.15) is 0 Å². The quantitative estimate of drug-likeness (QED) is 0.528. The van der Waals surface area contributed by atoms with Crippen molar-refractivity contribution < 1.29 is 8.85 Å². The van der Waals surface area contributed by atoms with E-state index in [2.05, 4.69) is 60.4 Å². The molecule has 0 radical (unpaired) electrons. The van der Waals surface area contributed by atoms with Crippen molar-refractivity contribution in [3.05, 3.63) is 12.3 Å². The van der Waals surface area contributed by atoms with Gasteiger partial charge in [-0.15, -0.1) is 6.58 Å². The van der Waals surface area contributed by atoms with E-state index in [9.17, 15) is 0 Å². The molecule has 0 saturated heterocycles. The minimum Gasteiger partial charge on any atom is -0.388 e. The van der Waals surface area contributed by atoms with E-state index in [-0.39, 0.29) is 10.8 Å². The average molecular weight is 377 g/mol. The second-order valence-corrected chi connectivity index (χ2v) is 14.6. The summed E-state index contributed by atoms with van der Waals surface area (Å²) in [6.45, 7) is 21.2. The first-order chi connectivity index (χ1) is 11.9. The van der Waals surface area contributed by atoms with Crippen molar-refractivity contribution in [3.63, 3.8) is 0 Å². The molecule has 0 N–H and O–H groups in total. The molecule has 26 heavy (non-hydrogen) atoms. The van der Waals surface area contributed by atoms with Gasteiger partial charge in [0.15, 0.2) is 0 Å². The van der Waals surface area contributed by atoms with Crippen LogP contribution >= 0.6 is 0 Å². The lowest BCUT2D eigenvalue weighted by Crippen LogP contribution is -2.51. The molecule has 3 heteroatoms. The van der Waals surface area contributed by atoms with E-state index in [4.69, 9.17) is 8.85 Å². The zero-order valence-corrected chi connectivity index (χ0v) is 19.2. The highest BCUT2D eigenvalue weighted by molar-refractivity contribution is 6.71. The Hall–Kier alpha value is -0.123. The Morgan fingerprint density at radius 3 is 1.42 bits per heavy atom. The second-order valence-electron chi connectivity index (χ2n) is 11.7. The third-order valence-corrected chi connectivity index (χ3v) is 12.8. The molecule has 4 aliphatic carbocycles. The maximum Gasteiger partial charge on any atom is 0.361 e. The molecule has 0 spiro atoms. The molecule has 0 amide bonds. The first-order valence-corrected chi connectivity index (χ1v) is 13.3. The molecular formula is C23H40O2Si. The minimum atomic E-state index is -2.38. The SMILES string of the molecule is C=C[Si](C)(OC1CC2CCC1(C)C2(C)C)OC1CC2CCC1(C)C2(C)C. The third-order valence-electron chi connectivity index (χ3n) is 10.6. The van der Waals surface area contributed by atoms with E-state index in [0.29, 0.717) is 23.0 Å². The van der Waals surface area contributed by atoms with Gasteiger partial charge in [-0.05, 0) is 84.3 Å². The largest absolute Gasteiger partial charge is 0.388 e. The van der Waals surface area contributed by atoms with E-state index >= 15 is 0 Å². The Bertz CT molecular complexity index is 565. The summed E-state index contributed by atoms with van der Waals surface area (Å²) in [7, 11) is -2.38. The standard InChI is InChI=1S/C23H40O2Si/c1-9-26(8,24-18-14-16-10-12-22(18,6)20(16,2)3)25-19-15-17-11-13-23(19,7)21(17,4)5/h9,16-19H,1,10-15H2,2-8H3. The average Bonchev–Trinajstić information content (AvgIpc) is 3.06. The number of fused-ring (bicyclic) bond motifs is 4. The summed E-state index contributed by atoms with van der Waals surface area (Å²) >= 11 is 0. The molecule has 4 fully saturated rings. The monoisotopic (exact) mass is 376 g/mol. The minimum absolute atomic E-state index is 0.288. The predicted molar refractivity (Wildman–Crippen MR) is 110 cm³/mol. The van der Waals surface area contributed by atoms with Crippen molar-refractivity contribution >= 4 is 8.56 Å². The van der Waals surface area contributed by atoms with Crippen molar-refractivity contribution in [1.29, 1.82) is 0 Å². The van der Waals surface area contributed by atoms with Gasteiger partial charge in [0, 0.05) is 0 Å². The first-order valence-electron chi connectivity index (χ1n) is 10.9. The zero-order chi connectivity index (χ0) is 19.2. The van der Waals surface area contributed by atoms with Gasteiger partial charge in [-0.3, -0.25) is 0 Å². The van der Waals surface area contributed by atoms with Crippen LogP contribution in [0.3, 0.4) is 0 Å². The summed E-state index contributed by atoms with van der Waals surface area (Å²) in [6, 6.07) is 0. The van der Waals surface area contributed by atoms with Gasteiger partial charge < -0.3 is 8.85 Å². The molecular weight excluding hydrogens is 336 g/mol. The number of hydrogen-bond donors (Lipinski definition) is 0. The van der Waals surface area contributed by atoms with E-state index in [1.54, 1.807) is 0 Å². The third kappa shape index (κ3) is 2.23. The molecule has 148 valence electrons. The van der Waals surface area contributed by atoms with Crippen LogP contribution in [-0.4, -0.2) is 20.8 Å². The van der Waals surface area contributed by atoms with E-state index in [1.807, 2.05) is 0 Å². The lowest BCUT2D eigenvalue weighted by molar-refractivity contribution is -0.0308. The van der Waals surface area contributed by atoms with Gasteiger partial charge in [-0.25, -0.2) is 0 Å². The number of hydrogen-bond acceptors (Lipinski definition) is 2. The highest BCUT2D eigenvalue weighted by Gasteiger charge is 2.65. The van der Waals surface area contributed by atoms with Crippen LogP contribution < -0.4 is 0 Å². The van der Waals surface area contributed by atoms with Crippen molar-refractivity contribution in [1.82, 2.24) is 0 Å². The van der Waals surface area contributed by atoms with Crippen LogP contribution in [0.25, 0.3) is 0 Å². The number of rotatable bonds is 5. The van der Waals surface area contributed by atoms with Crippen LogP contribution in [0.5, 0.6) is 0 Å². The van der Waals surface area contributed by atoms with Crippen molar-refractivity contribution in [2.45, 2.75) is 98.8 Å². The van der Waals surface area contributed by atoms with Crippen molar-refractivity contribution in [2.24, 2.45) is 33.5 Å². The van der Waals surface area contributed by atoms with Crippen LogP contribution in [0, 0.1) is 33.5 Å². The zero-order valence-electron chi connectivity index (χ0n) is 18.2. The Labute approximate surface area is 162 Å². The smallest absolute Gasteiger partial charge is 0.361 e. The molecule has 4 aliphatic rings. The highest BCUT2D eigenvalue weighted by atomic mass is 28.4. The fourth-order valence-corrected chi connectivity index (χ4v) is 9.40. The Kier molecular flexibility index (Phi) is 4.05. The van der Waals surface area contributed by atoms with Gasteiger partial charge in [0.1, 0.15) is 0 Å². The Morgan fingerprint density at radius 1 is 0.808 bits per heavy atom. The molecule has 0 aromatic heterocycles. The molecule has 0 aromatic carbocycles. The Balaban J connectivity index is 1.52. The van der Waals surface area contributed by atoms with Gasteiger partial charge in [0.2, 0.25) is 0 Å². The fourth-order valence-electron chi connectivity index (χ4n) is 7.31. The fraction of sp³-hybridized carbons (Fsp3) is 0.913. The van der Waals surface area contributed by atoms with Crippen LogP contribution in [0.1, 0.15) is 80.1 Å². The lowest BCUT2D eigenvalue weighted by Gasteiger charge is -2.45. The molecule has 6 atom stereocenters. The van der Waals surface area contributed by atoms with E-state index < -0.39 is 8.56 Å². The lowest BCUT2D eigenvalue weighted by atomic mass is 9.70. The molecule has 2 nitrogen and oxygen atoms in total. The summed E-state index contributed by atoms with van der Waals surface area (Å²) in [5, 5.41) is 0. The topological polar surface area (TPSA) is 18.5 Å². The molecule has 0 aromatic rings. The molecule has 0 heterocycles. The van der Waals surface area contributed by atoms with Crippen LogP contribution in [0.2, 0.25) is 6.55 Å². The molecule has 6 unspecified atom stereocenters. The molecule has 4 saturated carbocycles. The summed E-state index contributed by atoms with van der Waals surface area (Å²) in [4.78, 5) is 0. The van der Waals surface area contributed by atoms with Crippen molar-refractivity contribution in [2.75, 3.05) is 0 Å². The summed E-state index contributed by atoms with van der Waals surface area (Å²) in [5.41, 5.74) is 3.40. The maximum atomic E-state index is 6.90. The summed E-state index contributed by atoms with van der Waals surface area (Å²) in [6.07, 6.45) is 8.43. The van der Waals surface area contributed by atoms with Gasteiger partial charge in [-0.1, -0.05) is 41.5 Å². The normalized spacial score (nSPS) is 50.1. The summed E-state index contributed by atoms with van der Waals surface area (Å²) in [5.74, 6) is 1.61. The van der Waals surface area contributed by atoms with Crippen LogP contribution in [0.15, 0.2) is 12.3 Å². The highest BCUT2D eigenvalue weighted by Crippen LogP contribution is 2.68.